The second kappa shape index (κ2) is 7.08. The van der Waals surface area contributed by atoms with E-state index in [0.717, 1.165) is 38.0 Å². The Kier molecular flexibility index (Phi) is 5.40. The molecule has 3 heteroatoms. The second-order valence-electron chi connectivity index (χ2n) is 6.86. The number of nitrogens with zero attached hydrogens (tertiary/aromatic N) is 1. The van der Waals surface area contributed by atoms with Gasteiger partial charge in [-0.15, -0.1) is 0 Å². The summed E-state index contributed by atoms with van der Waals surface area (Å²) in [6, 6.07) is 8.42. The molecule has 0 radical (unpaired) electrons. The molecule has 2 rings (SSSR count). The summed E-state index contributed by atoms with van der Waals surface area (Å²) in [5.74, 6) is 0.905. The largest absolute Gasteiger partial charge is 0.492 e. The SMILES string of the molecule is CC(C)(C)c1ccc(OCCN2CCCCC2C=O)cc1. The standard InChI is InChI=1S/C18H27NO2/c1-18(2,3)15-7-9-17(10-8-15)21-13-12-19-11-5-4-6-16(19)14-20/h7-10,14,16H,4-6,11-13H2,1-3H3. The predicted octanol–water partition coefficient (Wildman–Crippen LogP) is 3.42. The van der Waals surface area contributed by atoms with Gasteiger partial charge in [-0.3, -0.25) is 4.90 Å². The van der Waals surface area contributed by atoms with Crippen LogP contribution in [0.5, 0.6) is 5.75 Å². The third kappa shape index (κ3) is 4.57. The van der Waals surface area contributed by atoms with Crippen LogP contribution in [0.2, 0.25) is 0 Å². The molecule has 1 aliphatic heterocycles. The highest BCUT2D eigenvalue weighted by molar-refractivity contribution is 5.57. The van der Waals surface area contributed by atoms with Crippen molar-refractivity contribution >= 4 is 6.29 Å². The van der Waals surface area contributed by atoms with E-state index in [0.29, 0.717) is 6.61 Å². The quantitative estimate of drug-likeness (QED) is 0.778. The highest BCUT2D eigenvalue weighted by Gasteiger charge is 2.21. The van der Waals surface area contributed by atoms with Crippen molar-refractivity contribution < 1.29 is 9.53 Å². The Balaban J connectivity index is 1.81. The van der Waals surface area contributed by atoms with Crippen LogP contribution < -0.4 is 4.74 Å². The van der Waals surface area contributed by atoms with Crippen LogP contribution in [0.3, 0.4) is 0 Å². The number of rotatable bonds is 5. The van der Waals surface area contributed by atoms with Gasteiger partial charge in [0.1, 0.15) is 18.6 Å². The van der Waals surface area contributed by atoms with Crippen molar-refractivity contribution in [2.75, 3.05) is 19.7 Å². The van der Waals surface area contributed by atoms with Gasteiger partial charge in [0.15, 0.2) is 0 Å². The van der Waals surface area contributed by atoms with Crippen molar-refractivity contribution in [1.82, 2.24) is 4.90 Å². The number of ether oxygens (including phenoxy) is 1. The van der Waals surface area contributed by atoms with Crippen molar-refractivity contribution in [3.8, 4) is 5.75 Å². The molecular formula is C18H27NO2. The summed E-state index contributed by atoms with van der Waals surface area (Å²) < 4.78 is 5.81. The number of carbonyl (C=O) groups excluding carboxylic acids is 1. The molecule has 1 fully saturated rings. The van der Waals surface area contributed by atoms with Crippen molar-refractivity contribution in [2.24, 2.45) is 0 Å². The molecule has 0 N–H and O–H groups in total. The molecule has 116 valence electrons. The van der Waals surface area contributed by atoms with Gasteiger partial charge in [-0.05, 0) is 42.5 Å². The van der Waals surface area contributed by atoms with Crippen LogP contribution in [-0.4, -0.2) is 36.9 Å². The summed E-state index contributed by atoms with van der Waals surface area (Å²) >= 11 is 0. The molecule has 0 spiro atoms. The molecule has 0 bridgehead atoms. The molecular weight excluding hydrogens is 262 g/mol. The summed E-state index contributed by atoms with van der Waals surface area (Å²) in [6.45, 7) is 9.09. The number of aldehydes is 1. The molecule has 0 aromatic heterocycles. The van der Waals surface area contributed by atoms with E-state index in [1.165, 1.54) is 12.0 Å². The maximum atomic E-state index is 11.1. The first kappa shape index (κ1) is 16.0. The van der Waals surface area contributed by atoms with Gasteiger partial charge < -0.3 is 9.53 Å². The predicted molar refractivity (Wildman–Crippen MR) is 85.9 cm³/mol. The number of carbonyl (C=O) groups is 1. The van der Waals surface area contributed by atoms with E-state index in [1.807, 2.05) is 12.1 Å². The molecule has 1 atom stereocenters. The van der Waals surface area contributed by atoms with Gasteiger partial charge in [-0.25, -0.2) is 0 Å². The normalized spacial score (nSPS) is 20.2. The summed E-state index contributed by atoms with van der Waals surface area (Å²) in [7, 11) is 0. The lowest BCUT2D eigenvalue weighted by molar-refractivity contribution is -0.113. The minimum atomic E-state index is 0.0885. The maximum Gasteiger partial charge on any atom is 0.137 e. The fourth-order valence-corrected chi connectivity index (χ4v) is 2.78. The summed E-state index contributed by atoms with van der Waals surface area (Å²) in [6.07, 6.45) is 4.42. The van der Waals surface area contributed by atoms with Gasteiger partial charge in [-0.2, -0.15) is 0 Å². The van der Waals surface area contributed by atoms with E-state index in [9.17, 15) is 4.79 Å². The maximum absolute atomic E-state index is 11.1. The topological polar surface area (TPSA) is 29.5 Å². The first-order valence-corrected chi connectivity index (χ1v) is 7.93. The van der Waals surface area contributed by atoms with Crippen LogP contribution in [0.25, 0.3) is 0 Å². The van der Waals surface area contributed by atoms with Gasteiger partial charge in [-0.1, -0.05) is 39.3 Å². The molecule has 0 aliphatic carbocycles. The molecule has 21 heavy (non-hydrogen) atoms. The Bertz CT molecular complexity index is 447. The van der Waals surface area contributed by atoms with E-state index in [1.54, 1.807) is 0 Å². The highest BCUT2D eigenvalue weighted by Crippen LogP contribution is 2.24. The van der Waals surface area contributed by atoms with Crippen molar-refractivity contribution in [3.05, 3.63) is 29.8 Å². The lowest BCUT2D eigenvalue weighted by Crippen LogP contribution is -2.42. The molecule has 0 amide bonds. The molecule has 1 saturated heterocycles. The second-order valence-corrected chi connectivity index (χ2v) is 6.86. The first-order valence-electron chi connectivity index (χ1n) is 7.93. The van der Waals surface area contributed by atoms with Crippen LogP contribution in [-0.2, 0) is 10.2 Å². The Morgan fingerprint density at radius 2 is 1.95 bits per heavy atom. The number of benzene rings is 1. The zero-order valence-corrected chi connectivity index (χ0v) is 13.5. The van der Waals surface area contributed by atoms with Gasteiger partial charge in [0.05, 0.1) is 6.04 Å². The van der Waals surface area contributed by atoms with Crippen LogP contribution in [0.4, 0.5) is 0 Å². The van der Waals surface area contributed by atoms with Gasteiger partial charge in [0, 0.05) is 6.54 Å². The average molecular weight is 289 g/mol. The minimum absolute atomic E-state index is 0.0885. The van der Waals surface area contributed by atoms with Crippen LogP contribution in [0.1, 0.15) is 45.6 Å². The first-order chi connectivity index (χ1) is 10.0. The molecule has 0 saturated carbocycles. The molecule has 1 unspecified atom stereocenters. The number of hydrogen-bond acceptors (Lipinski definition) is 3. The molecule has 1 aliphatic rings. The third-order valence-corrected chi connectivity index (χ3v) is 4.19. The van der Waals surface area contributed by atoms with Crippen molar-refractivity contribution in [1.29, 1.82) is 0 Å². The third-order valence-electron chi connectivity index (χ3n) is 4.19. The number of piperidine rings is 1. The Labute approximate surface area is 128 Å². The van der Waals surface area contributed by atoms with Gasteiger partial charge in [0.2, 0.25) is 0 Å². The van der Waals surface area contributed by atoms with Crippen LogP contribution in [0.15, 0.2) is 24.3 Å². The van der Waals surface area contributed by atoms with Crippen molar-refractivity contribution in [3.63, 3.8) is 0 Å². The summed E-state index contributed by atoms with van der Waals surface area (Å²) in [5.41, 5.74) is 1.48. The van der Waals surface area contributed by atoms with E-state index in [-0.39, 0.29) is 11.5 Å². The molecule has 1 aromatic rings. The fraction of sp³-hybridized carbons (Fsp3) is 0.611. The number of likely N-dealkylation sites (tertiary alicyclic amines) is 1. The monoisotopic (exact) mass is 289 g/mol. The fourth-order valence-electron chi connectivity index (χ4n) is 2.78. The zero-order chi connectivity index (χ0) is 15.3. The Hall–Kier alpha value is -1.35. The lowest BCUT2D eigenvalue weighted by Gasteiger charge is -2.31. The smallest absolute Gasteiger partial charge is 0.137 e. The van der Waals surface area contributed by atoms with E-state index >= 15 is 0 Å². The zero-order valence-electron chi connectivity index (χ0n) is 13.5. The van der Waals surface area contributed by atoms with E-state index in [4.69, 9.17) is 4.74 Å². The van der Waals surface area contributed by atoms with E-state index in [2.05, 4.69) is 37.8 Å². The van der Waals surface area contributed by atoms with Crippen LogP contribution >= 0.6 is 0 Å². The van der Waals surface area contributed by atoms with Gasteiger partial charge >= 0.3 is 0 Å². The van der Waals surface area contributed by atoms with Crippen LogP contribution in [0, 0.1) is 0 Å². The van der Waals surface area contributed by atoms with E-state index < -0.39 is 0 Å². The molecule has 1 aromatic carbocycles. The highest BCUT2D eigenvalue weighted by atomic mass is 16.5. The molecule has 3 nitrogen and oxygen atoms in total. The van der Waals surface area contributed by atoms with Crippen molar-refractivity contribution in [2.45, 2.75) is 51.5 Å². The lowest BCUT2D eigenvalue weighted by atomic mass is 9.87. The molecule has 1 heterocycles. The van der Waals surface area contributed by atoms with Gasteiger partial charge in [0.25, 0.3) is 0 Å². The Morgan fingerprint density at radius 1 is 1.24 bits per heavy atom. The number of hydrogen-bond donors (Lipinski definition) is 0. The minimum Gasteiger partial charge on any atom is -0.492 e. The summed E-state index contributed by atoms with van der Waals surface area (Å²) in [4.78, 5) is 13.3. The summed E-state index contributed by atoms with van der Waals surface area (Å²) in [5, 5.41) is 0. The Morgan fingerprint density at radius 3 is 2.57 bits per heavy atom. The average Bonchev–Trinajstić information content (AvgIpc) is 2.47.